The number of carbonyl (C=O) groups is 2. The van der Waals surface area contributed by atoms with Crippen molar-refractivity contribution >= 4 is 29.0 Å². The third-order valence-corrected chi connectivity index (χ3v) is 5.24. The van der Waals surface area contributed by atoms with Crippen LogP contribution < -0.4 is 10.6 Å². The predicted molar refractivity (Wildman–Crippen MR) is 121 cm³/mol. The lowest BCUT2D eigenvalue weighted by Gasteiger charge is -2.20. The van der Waals surface area contributed by atoms with Crippen LogP contribution in [0.1, 0.15) is 42.8 Å². The topological polar surface area (TPSA) is 67.4 Å². The summed E-state index contributed by atoms with van der Waals surface area (Å²) >= 11 is 1.53. The number of nitrogens with one attached hydrogen (secondary N) is 2. The molecule has 0 unspecified atom stereocenters. The van der Waals surface area contributed by atoms with Gasteiger partial charge in [0.15, 0.2) is 0 Å². The molecule has 31 heavy (non-hydrogen) atoms. The van der Waals surface area contributed by atoms with Gasteiger partial charge in [0.1, 0.15) is 11.4 Å². The number of carbonyl (C=O) groups excluding carboxylic acids is 2. The van der Waals surface area contributed by atoms with Crippen LogP contribution in [0.2, 0.25) is 0 Å². The van der Waals surface area contributed by atoms with Gasteiger partial charge in [-0.15, -0.1) is 11.3 Å². The molecule has 0 aliphatic rings. The van der Waals surface area contributed by atoms with Crippen molar-refractivity contribution in [3.8, 4) is 0 Å². The van der Waals surface area contributed by atoms with Crippen LogP contribution in [0.4, 0.5) is 14.9 Å². The lowest BCUT2D eigenvalue weighted by atomic mass is 10.0. The Morgan fingerprint density at radius 3 is 2.29 bits per heavy atom. The van der Waals surface area contributed by atoms with Gasteiger partial charge >= 0.3 is 6.09 Å². The normalized spacial score (nSPS) is 12.1. The van der Waals surface area contributed by atoms with Crippen molar-refractivity contribution in [2.24, 2.45) is 0 Å². The van der Waals surface area contributed by atoms with Crippen molar-refractivity contribution in [2.45, 2.75) is 38.8 Å². The van der Waals surface area contributed by atoms with E-state index in [0.717, 1.165) is 16.0 Å². The van der Waals surface area contributed by atoms with Crippen LogP contribution in [-0.4, -0.2) is 17.6 Å². The summed E-state index contributed by atoms with van der Waals surface area (Å²) in [6, 6.07) is 16.7. The average molecular weight is 441 g/mol. The number of hydrogen-bond donors (Lipinski definition) is 2. The van der Waals surface area contributed by atoms with Crippen LogP contribution in [0.3, 0.4) is 0 Å². The van der Waals surface area contributed by atoms with Crippen LogP contribution >= 0.6 is 11.3 Å². The van der Waals surface area contributed by atoms with E-state index in [1.54, 1.807) is 57.2 Å². The summed E-state index contributed by atoms with van der Waals surface area (Å²) in [6.45, 7) is 5.39. The largest absolute Gasteiger partial charge is 0.444 e. The summed E-state index contributed by atoms with van der Waals surface area (Å²) in [5, 5.41) is 7.64. The van der Waals surface area contributed by atoms with Crippen LogP contribution in [-0.2, 0) is 16.0 Å². The van der Waals surface area contributed by atoms with Crippen molar-refractivity contribution in [1.82, 2.24) is 5.32 Å². The fraction of sp³-hybridized carbons (Fsp3) is 0.250. The molecule has 2 aromatic carbocycles. The van der Waals surface area contributed by atoms with Gasteiger partial charge in [-0.3, -0.25) is 10.1 Å². The zero-order chi connectivity index (χ0) is 22.4. The molecule has 7 heteroatoms. The molecule has 0 saturated carbocycles. The van der Waals surface area contributed by atoms with Crippen molar-refractivity contribution in [1.29, 1.82) is 0 Å². The van der Waals surface area contributed by atoms with Crippen molar-refractivity contribution in [2.75, 3.05) is 5.32 Å². The van der Waals surface area contributed by atoms with Gasteiger partial charge < -0.3 is 10.1 Å². The van der Waals surface area contributed by atoms with Gasteiger partial charge in [-0.2, -0.15) is 0 Å². The fourth-order valence-corrected chi connectivity index (χ4v) is 3.76. The number of hydrogen-bond acceptors (Lipinski definition) is 4. The van der Waals surface area contributed by atoms with E-state index in [1.807, 2.05) is 17.5 Å². The Hall–Kier alpha value is -3.19. The number of halogens is 1. The molecule has 3 aromatic rings. The smallest absolute Gasteiger partial charge is 0.412 e. The Morgan fingerprint density at radius 2 is 1.71 bits per heavy atom. The maximum Gasteiger partial charge on any atom is 0.412 e. The number of rotatable bonds is 6. The van der Waals surface area contributed by atoms with Gasteiger partial charge in [-0.25, -0.2) is 9.18 Å². The quantitative estimate of drug-likeness (QED) is 0.518. The van der Waals surface area contributed by atoms with E-state index >= 15 is 0 Å². The second-order valence-corrected chi connectivity index (χ2v) is 9.05. The SMILES string of the molecule is CC(C)(C)OC(=O)Nc1ccc(CC(=O)N[C@@H](c2ccc(F)cc2)c2cccs2)cc1. The summed E-state index contributed by atoms with van der Waals surface area (Å²) in [5.41, 5.74) is 1.62. The van der Waals surface area contributed by atoms with E-state index in [2.05, 4.69) is 10.6 Å². The Kier molecular flexibility index (Phi) is 7.07. The zero-order valence-electron chi connectivity index (χ0n) is 17.6. The van der Waals surface area contributed by atoms with Crippen LogP contribution in [0.15, 0.2) is 66.0 Å². The minimum atomic E-state index is -0.578. The minimum Gasteiger partial charge on any atom is -0.444 e. The zero-order valence-corrected chi connectivity index (χ0v) is 18.5. The molecule has 1 atom stereocenters. The first-order valence-electron chi connectivity index (χ1n) is 9.87. The highest BCUT2D eigenvalue weighted by molar-refractivity contribution is 7.10. The molecule has 1 heterocycles. The Labute approximate surface area is 185 Å². The number of amides is 2. The Balaban J connectivity index is 1.63. The summed E-state index contributed by atoms with van der Waals surface area (Å²) in [7, 11) is 0. The highest BCUT2D eigenvalue weighted by Crippen LogP contribution is 2.26. The maximum absolute atomic E-state index is 13.3. The summed E-state index contributed by atoms with van der Waals surface area (Å²) in [5.74, 6) is -0.476. The van der Waals surface area contributed by atoms with Gasteiger partial charge in [0.05, 0.1) is 12.5 Å². The lowest BCUT2D eigenvalue weighted by Crippen LogP contribution is -2.30. The number of thiophene rings is 1. The molecule has 3 rings (SSSR count). The predicted octanol–water partition coefficient (Wildman–Crippen LogP) is 5.68. The summed E-state index contributed by atoms with van der Waals surface area (Å²) in [4.78, 5) is 25.5. The molecule has 0 saturated heterocycles. The average Bonchev–Trinajstić information content (AvgIpc) is 3.21. The number of benzene rings is 2. The highest BCUT2D eigenvalue weighted by Gasteiger charge is 2.19. The molecule has 5 nitrogen and oxygen atoms in total. The first-order valence-corrected chi connectivity index (χ1v) is 10.7. The molecule has 2 amide bonds. The first-order chi connectivity index (χ1) is 14.7. The molecule has 2 N–H and O–H groups in total. The third kappa shape index (κ3) is 6.93. The minimum absolute atomic E-state index is 0.157. The van der Waals surface area contributed by atoms with E-state index in [9.17, 15) is 14.0 Å². The molecule has 162 valence electrons. The van der Waals surface area contributed by atoms with E-state index in [1.165, 1.54) is 23.5 Å². The third-order valence-electron chi connectivity index (χ3n) is 4.30. The van der Waals surface area contributed by atoms with Gasteiger partial charge in [0.2, 0.25) is 5.91 Å². The molecule has 0 aliphatic carbocycles. The molecule has 0 bridgehead atoms. The maximum atomic E-state index is 13.3. The van der Waals surface area contributed by atoms with Crippen LogP contribution in [0.25, 0.3) is 0 Å². The van der Waals surface area contributed by atoms with E-state index < -0.39 is 11.7 Å². The van der Waals surface area contributed by atoms with Gasteiger partial charge in [0.25, 0.3) is 0 Å². The van der Waals surface area contributed by atoms with Crippen molar-refractivity contribution < 1.29 is 18.7 Å². The molecule has 1 aromatic heterocycles. The lowest BCUT2D eigenvalue weighted by molar-refractivity contribution is -0.120. The van der Waals surface area contributed by atoms with E-state index in [-0.39, 0.29) is 24.2 Å². The van der Waals surface area contributed by atoms with Gasteiger partial charge in [-0.05, 0) is 67.6 Å². The van der Waals surface area contributed by atoms with Crippen molar-refractivity contribution in [3.63, 3.8) is 0 Å². The molecule has 0 spiro atoms. The molecule has 0 radical (unpaired) electrons. The van der Waals surface area contributed by atoms with E-state index in [0.29, 0.717) is 5.69 Å². The standard InChI is InChI=1S/C24H25FN2O3S/c1-24(2,3)30-23(29)26-19-12-6-16(7-13-19)15-21(28)27-22(20-5-4-14-31-20)17-8-10-18(25)11-9-17/h4-14,22H,15H2,1-3H3,(H,26,29)(H,27,28)/t22-/m0/s1. The van der Waals surface area contributed by atoms with Gasteiger partial charge in [0, 0.05) is 10.6 Å². The molecular formula is C24H25FN2O3S. The Morgan fingerprint density at radius 1 is 1.03 bits per heavy atom. The fourth-order valence-electron chi connectivity index (χ4n) is 2.95. The second-order valence-electron chi connectivity index (χ2n) is 8.07. The van der Waals surface area contributed by atoms with Crippen LogP contribution in [0, 0.1) is 5.82 Å². The molecular weight excluding hydrogens is 415 g/mol. The van der Waals surface area contributed by atoms with Crippen LogP contribution in [0.5, 0.6) is 0 Å². The molecule has 0 aliphatic heterocycles. The second kappa shape index (κ2) is 9.75. The monoisotopic (exact) mass is 440 g/mol. The van der Waals surface area contributed by atoms with Crippen molar-refractivity contribution in [3.05, 3.63) is 87.9 Å². The highest BCUT2D eigenvalue weighted by atomic mass is 32.1. The summed E-state index contributed by atoms with van der Waals surface area (Å²) < 4.78 is 18.5. The summed E-state index contributed by atoms with van der Waals surface area (Å²) in [6.07, 6.45) is -0.355. The van der Waals surface area contributed by atoms with E-state index in [4.69, 9.17) is 4.74 Å². The number of ether oxygens (including phenoxy) is 1. The first kappa shape index (κ1) is 22.5. The van der Waals surface area contributed by atoms with Gasteiger partial charge in [-0.1, -0.05) is 30.3 Å². The number of anilines is 1. The Bertz CT molecular complexity index is 1010. The molecule has 0 fully saturated rings.